The Morgan fingerprint density at radius 1 is 0.778 bits per heavy atom. The molecule has 0 atom stereocenters. The average molecular weight is 485 g/mol. The van der Waals surface area contributed by atoms with E-state index in [1.165, 1.54) is 6.33 Å². The second kappa shape index (κ2) is 11.2. The van der Waals surface area contributed by atoms with Crippen LogP contribution in [0.1, 0.15) is 26.3 Å². The Labute approximate surface area is 209 Å². The summed E-state index contributed by atoms with van der Waals surface area (Å²) in [6.45, 7) is 5.95. The molecule has 36 heavy (non-hydrogen) atoms. The molecule has 9 nitrogen and oxygen atoms in total. The highest BCUT2D eigenvalue weighted by Crippen LogP contribution is 2.21. The minimum Gasteiger partial charge on any atom is -0.489 e. The topological polar surface area (TPSA) is 110 Å². The molecule has 0 unspecified atom stereocenters. The van der Waals surface area contributed by atoms with Crippen LogP contribution in [0.4, 0.5) is 33.8 Å². The molecular weight excluding hydrogens is 456 g/mol. The molecule has 9 heteroatoms. The minimum atomic E-state index is -0.561. The highest BCUT2D eigenvalue weighted by atomic mass is 16.6. The number of hydrogen-bond donors (Lipinski definition) is 3. The molecule has 0 radical (unpaired) electrons. The summed E-state index contributed by atoms with van der Waals surface area (Å²) in [7, 11) is 0. The SMILES string of the molecule is CC(C)(C)OC(=O)Nc1ccc(Nc2ncnc(Nc3ccc(OCc4ccccc4)cc3)n2)cc1. The Morgan fingerprint density at radius 3 is 1.92 bits per heavy atom. The van der Waals surface area contributed by atoms with Gasteiger partial charge in [-0.15, -0.1) is 0 Å². The molecule has 3 N–H and O–H groups in total. The number of nitrogens with zero attached hydrogens (tertiary/aromatic N) is 3. The van der Waals surface area contributed by atoms with Crippen molar-refractivity contribution in [2.24, 2.45) is 0 Å². The van der Waals surface area contributed by atoms with Crippen molar-refractivity contribution in [3.05, 3.63) is 90.8 Å². The number of anilines is 5. The smallest absolute Gasteiger partial charge is 0.412 e. The summed E-state index contributed by atoms with van der Waals surface area (Å²) in [5.41, 5.74) is 2.73. The fourth-order valence-corrected chi connectivity index (χ4v) is 3.11. The van der Waals surface area contributed by atoms with Gasteiger partial charge >= 0.3 is 6.09 Å². The lowest BCUT2D eigenvalue weighted by molar-refractivity contribution is 0.0636. The molecule has 0 saturated heterocycles. The van der Waals surface area contributed by atoms with E-state index in [9.17, 15) is 4.79 Å². The van der Waals surface area contributed by atoms with Crippen LogP contribution in [0.2, 0.25) is 0 Å². The standard InChI is InChI=1S/C27H28N6O3/c1-27(2,3)36-26(34)32-22-11-9-20(10-12-22)30-24-28-18-29-25(33-24)31-21-13-15-23(16-14-21)35-17-19-7-5-4-6-8-19/h4-16,18H,17H2,1-3H3,(H,32,34)(H2,28,29,30,31,33). The van der Waals surface area contributed by atoms with Crippen LogP contribution in [0.3, 0.4) is 0 Å². The Bertz CT molecular complexity index is 1270. The Hall–Kier alpha value is -4.66. The molecule has 4 aromatic rings. The van der Waals surface area contributed by atoms with Gasteiger partial charge in [0.05, 0.1) is 0 Å². The van der Waals surface area contributed by atoms with Gasteiger partial charge in [-0.3, -0.25) is 5.32 Å². The van der Waals surface area contributed by atoms with Crippen LogP contribution in [0.25, 0.3) is 0 Å². The zero-order chi connectivity index (χ0) is 25.4. The van der Waals surface area contributed by atoms with Gasteiger partial charge in [-0.2, -0.15) is 4.98 Å². The average Bonchev–Trinajstić information content (AvgIpc) is 2.85. The third kappa shape index (κ3) is 7.69. The first-order chi connectivity index (χ1) is 17.3. The first-order valence-electron chi connectivity index (χ1n) is 11.4. The van der Waals surface area contributed by atoms with Gasteiger partial charge in [0.1, 0.15) is 24.3 Å². The third-order valence-corrected chi connectivity index (χ3v) is 4.72. The third-order valence-electron chi connectivity index (χ3n) is 4.72. The molecule has 0 bridgehead atoms. The van der Waals surface area contributed by atoms with Crippen LogP contribution in [0.5, 0.6) is 5.75 Å². The Morgan fingerprint density at radius 2 is 1.33 bits per heavy atom. The van der Waals surface area contributed by atoms with E-state index < -0.39 is 11.7 Å². The van der Waals surface area contributed by atoms with E-state index in [-0.39, 0.29) is 0 Å². The van der Waals surface area contributed by atoms with E-state index in [0.717, 1.165) is 22.7 Å². The molecule has 0 saturated carbocycles. The van der Waals surface area contributed by atoms with Crippen molar-refractivity contribution in [2.45, 2.75) is 33.0 Å². The van der Waals surface area contributed by atoms with Crippen molar-refractivity contribution in [1.82, 2.24) is 15.0 Å². The van der Waals surface area contributed by atoms with E-state index in [1.54, 1.807) is 24.3 Å². The maximum Gasteiger partial charge on any atom is 0.412 e. The second-order valence-electron chi connectivity index (χ2n) is 8.89. The quantitative estimate of drug-likeness (QED) is 0.268. The van der Waals surface area contributed by atoms with Crippen LogP contribution in [-0.2, 0) is 11.3 Å². The maximum atomic E-state index is 11.9. The van der Waals surface area contributed by atoms with Crippen molar-refractivity contribution in [1.29, 1.82) is 0 Å². The fourth-order valence-electron chi connectivity index (χ4n) is 3.11. The lowest BCUT2D eigenvalue weighted by Gasteiger charge is -2.19. The summed E-state index contributed by atoms with van der Waals surface area (Å²) in [4.78, 5) is 24.7. The summed E-state index contributed by atoms with van der Waals surface area (Å²) < 4.78 is 11.1. The number of rotatable bonds is 8. The van der Waals surface area contributed by atoms with E-state index >= 15 is 0 Å². The van der Waals surface area contributed by atoms with E-state index in [4.69, 9.17) is 9.47 Å². The van der Waals surface area contributed by atoms with Crippen LogP contribution in [0.15, 0.2) is 85.2 Å². The zero-order valence-corrected chi connectivity index (χ0v) is 20.4. The lowest BCUT2D eigenvalue weighted by Crippen LogP contribution is -2.27. The minimum absolute atomic E-state index is 0.378. The van der Waals surface area contributed by atoms with Gasteiger partial charge < -0.3 is 20.1 Å². The van der Waals surface area contributed by atoms with Crippen molar-refractivity contribution in [3.8, 4) is 5.75 Å². The normalized spacial score (nSPS) is 10.9. The predicted molar refractivity (Wildman–Crippen MR) is 140 cm³/mol. The monoisotopic (exact) mass is 484 g/mol. The Balaban J connectivity index is 1.31. The van der Waals surface area contributed by atoms with Crippen LogP contribution >= 0.6 is 0 Å². The second-order valence-corrected chi connectivity index (χ2v) is 8.89. The zero-order valence-electron chi connectivity index (χ0n) is 20.4. The molecule has 0 aliphatic heterocycles. The van der Waals surface area contributed by atoms with Crippen molar-refractivity contribution >= 4 is 35.1 Å². The lowest BCUT2D eigenvalue weighted by atomic mass is 10.2. The molecule has 3 aromatic carbocycles. The van der Waals surface area contributed by atoms with E-state index in [2.05, 4.69) is 30.9 Å². The van der Waals surface area contributed by atoms with E-state index in [0.29, 0.717) is 24.2 Å². The number of nitrogens with one attached hydrogen (secondary N) is 3. The van der Waals surface area contributed by atoms with Gasteiger partial charge in [-0.1, -0.05) is 30.3 Å². The van der Waals surface area contributed by atoms with Gasteiger partial charge in [0.15, 0.2) is 0 Å². The predicted octanol–water partition coefficient (Wildman–Crippen LogP) is 6.28. The van der Waals surface area contributed by atoms with Crippen LogP contribution < -0.4 is 20.7 Å². The summed E-state index contributed by atoms with van der Waals surface area (Å²) in [6.07, 6.45) is 0.917. The number of hydrogen-bond acceptors (Lipinski definition) is 8. The molecule has 1 heterocycles. The summed E-state index contributed by atoms with van der Waals surface area (Å²) >= 11 is 0. The summed E-state index contributed by atoms with van der Waals surface area (Å²) in [6, 6.07) is 24.7. The largest absolute Gasteiger partial charge is 0.489 e. The molecule has 0 aliphatic rings. The maximum absolute atomic E-state index is 11.9. The van der Waals surface area contributed by atoms with Crippen molar-refractivity contribution < 1.29 is 14.3 Å². The number of ether oxygens (including phenoxy) is 2. The first kappa shape index (κ1) is 24.5. The van der Waals surface area contributed by atoms with Gasteiger partial charge in [-0.25, -0.2) is 14.8 Å². The van der Waals surface area contributed by atoms with E-state index in [1.807, 2.05) is 75.4 Å². The number of carbonyl (C=O) groups excluding carboxylic acids is 1. The van der Waals surface area contributed by atoms with Gasteiger partial charge in [-0.05, 0) is 74.9 Å². The molecule has 0 spiro atoms. The van der Waals surface area contributed by atoms with Crippen molar-refractivity contribution in [2.75, 3.05) is 16.0 Å². The molecule has 1 amide bonds. The fraction of sp³-hybridized carbons (Fsp3) is 0.185. The van der Waals surface area contributed by atoms with Gasteiger partial charge in [0.2, 0.25) is 11.9 Å². The van der Waals surface area contributed by atoms with Gasteiger partial charge in [0.25, 0.3) is 0 Å². The Kier molecular flexibility index (Phi) is 7.60. The molecular formula is C27H28N6O3. The van der Waals surface area contributed by atoms with Gasteiger partial charge in [0, 0.05) is 17.1 Å². The molecule has 1 aromatic heterocycles. The van der Waals surface area contributed by atoms with Crippen LogP contribution in [-0.4, -0.2) is 26.6 Å². The number of amides is 1. The summed E-state index contributed by atoms with van der Waals surface area (Å²) in [5, 5.41) is 8.98. The number of benzene rings is 3. The van der Waals surface area contributed by atoms with Crippen molar-refractivity contribution in [3.63, 3.8) is 0 Å². The highest BCUT2D eigenvalue weighted by Gasteiger charge is 2.16. The first-order valence-corrected chi connectivity index (χ1v) is 11.4. The molecule has 4 rings (SSSR count). The highest BCUT2D eigenvalue weighted by molar-refractivity contribution is 5.85. The molecule has 184 valence electrons. The molecule has 0 fully saturated rings. The number of carbonyl (C=O) groups is 1. The van der Waals surface area contributed by atoms with Crippen LogP contribution in [0, 0.1) is 0 Å². The number of aromatic nitrogens is 3. The summed E-state index contributed by atoms with van der Waals surface area (Å²) in [5.74, 6) is 1.55. The molecule has 0 aliphatic carbocycles.